The van der Waals surface area contributed by atoms with Crippen molar-refractivity contribution in [3.05, 3.63) is 30.3 Å². The van der Waals surface area contributed by atoms with Gasteiger partial charge in [0.1, 0.15) is 0 Å². The highest BCUT2D eigenvalue weighted by Crippen LogP contribution is 2.41. The second-order valence-electron chi connectivity index (χ2n) is 6.49. The molecule has 3 fully saturated rings. The zero-order chi connectivity index (χ0) is 13.4. The molecular formula is C17H25N3. The number of benzene rings is 1. The van der Waals surface area contributed by atoms with Crippen molar-refractivity contribution in [3.63, 3.8) is 0 Å². The Labute approximate surface area is 122 Å². The van der Waals surface area contributed by atoms with E-state index in [4.69, 9.17) is 0 Å². The number of rotatable bonds is 2. The Morgan fingerprint density at radius 3 is 1.95 bits per heavy atom. The van der Waals surface area contributed by atoms with Gasteiger partial charge in [-0.15, -0.1) is 0 Å². The van der Waals surface area contributed by atoms with E-state index in [0.717, 1.165) is 0 Å². The van der Waals surface area contributed by atoms with E-state index in [-0.39, 0.29) is 0 Å². The maximum atomic E-state index is 2.80. The monoisotopic (exact) mass is 271 g/mol. The summed E-state index contributed by atoms with van der Waals surface area (Å²) < 4.78 is 0. The van der Waals surface area contributed by atoms with E-state index >= 15 is 0 Å². The predicted octanol–water partition coefficient (Wildman–Crippen LogP) is 2.39. The molecule has 3 aliphatic heterocycles. The lowest BCUT2D eigenvalue weighted by atomic mass is 10.0. The molecule has 4 rings (SSSR count). The number of anilines is 1. The van der Waals surface area contributed by atoms with Crippen molar-refractivity contribution in [2.45, 2.75) is 31.3 Å². The molecule has 108 valence electrons. The van der Waals surface area contributed by atoms with Gasteiger partial charge in [-0.05, 0) is 37.8 Å². The van der Waals surface area contributed by atoms with Gasteiger partial charge in [-0.1, -0.05) is 18.2 Å². The van der Waals surface area contributed by atoms with Crippen molar-refractivity contribution in [2.24, 2.45) is 0 Å². The van der Waals surface area contributed by atoms with Crippen LogP contribution in [0, 0.1) is 0 Å². The number of piperazine rings is 1. The highest BCUT2D eigenvalue weighted by atomic mass is 15.5. The lowest BCUT2D eigenvalue weighted by molar-refractivity contribution is -0.00594. The van der Waals surface area contributed by atoms with Crippen LogP contribution in [0.15, 0.2) is 30.3 Å². The van der Waals surface area contributed by atoms with Crippen LogP contribution >= 0.6 is 0 Å². The molecule has 0 N–H and O–H groups in total. The fourth-order valence-electron chi connectivity index (χ4n) is 4.61. The molecule has 3 heterocycles. The van der Waals surface area contributed by atoms with Gasteiger partial charge in [0.05, 0.1) is 5.66 Å². The molecule has 20 heavy (non-hydrogen) atoms. The maximum Gasteiger partial charge on any atom is 0.0739 e. The van der Waals surface area contributed by atoms with E-state index in [9.17, 15) is 0 Å². The van der Waals surface area contributed by atoms with Gasteiger partial charge in [0.25, 0.3) is 0 Å². The highest BCUT2D eigenvalue weighted by Gasteiger charge is 2.48. The smallest absolute Gasteiger partial charge is 0.0739 e. The summed E-state index contributed by atoms with van der Waals surface area (Å²) in [6.07, 6.45) is 5.61. The maximum absolute atomic E-state index is 2.80. The van der Waals surface area contributed by atoms with Crippen molar-refractivity contribution in [1.29, 1.82) is 0 Å². The lowest BCUT2D eigenvalue weighted by Crippen LogP contribution is -2.60. The lowest BCUT2D eigenvalue weighted by Gasteiger charge is -2.47. The molecule has 0 saturated carbocycles. The summed E-state index contributed by atoms with van der Waals surface area (Å²) in [5, 5.41) is 0. The average Bonchev–Trinajstić information content (AvgIpc) is 3.09. The third kappa shape index (κ3) is 1.95. The molecule has 3 saturated heterocycles. The molecule has 0 unspecified atom stereocenters. The van der Waals surface area contributed by atoms with Gasteiger partial charge in [-0.3, -0.25) is 9.80 Å². The Hall–Kier alpha value is -1.06. The van der Waals surface area contributed by atoms with Gasteiger partial charge in [-0.25, -0.2) is 0 Å². The summed E-state index contributed by atoms with van der Waals surface area (Å²) in [5.74, 6) is 0. The molecular weight excluding hydrogens is 246 g/mol. The molecule has 3 aliphatic rings. The van der Waals surface area contributed by atoms with Crippen molar-refractivity contribution in [2.75, 3.05) is 44.2 Å². The second-order valence-corrected chi connectivity index (χ2v) is 6.49. The second kappa shape index (κ2) is 5.05. The summed E-state index contributed by atoms with van der Waals surface area (Å²) >= 11 is 0. The van der Waals surface area contributed by atoms with Crippen molar-refractivity contribution in [3.8, 4) is 0 Å². The normalized spacial score (nSPS) is 26.9. The van der Waals surface area contributed by atoms with Crippen LogP contribution in [-0.2, 0) is 0 Å². The fourth-order valence-corrected chi connectivity index (χ4v) is 4.61. The first-order valence-electron chi connectivity index (χ1n) is 8.19. The van der Waals surface area contributed by atoms with Crippen LogP contribution in [0.3, 0.4) is 0 Å². The minimum Gasteiger partial charge on any atom is -0.369 e. The summed E-state index contributed by atoms with van der Waals surface area (Å²) in [5.41, 5.74) is 1.84. The molecule has 3 heteroatoms. The zero-order valence-electron chi connectivity index (χ0n) is 12.3. The van der Waals surface area contributed by atoms with Crippen LogP contribution < -0.4 is 4.90 Å². The number of para-hydroxylation sites is 1. The average molecular weight is 271 g/mol. The number of hydrogen-bond acceptors (Lipinski definition) is 3. The minimum atomic E-state index is 0.447. The van der Waals surface area contributed by atoms with E-state index in [0.29, 0.717) is 5.66 Å². The van der Waals surface area contributed by atoms with E-state index in [2.05, 4.69) is 45.0 Å². The molecule has 0 bridgehead atoms. The zero-order valence-corrected chi connectivity index (χ0v) is 12.3. The molecule has 0 amide bonds. The van der Waals surface area contributed by atoms with Gasteiger partial charge in [-0.2, -0.15) is 0 Å². The molecule has 1 aromatic carbocycles. The third-order valence-corrected chi connectivity index (χ3v) is 5.59. The van der Waals surface area contributed by atoms with Crippen LogP contribution in [0.1, 0.15) is 25.7 Å². The van der Waals surface area contributed by atoms with Gasteiger partial charge in [0, 0.05) is 45.0 Å². The van der Waals surface area contributed by atoms with Crippen LogP contribution in [0.2, 0.25) is 0 Å². The first kappa shape index (κ1) is 12.7. The third-order valence-electron chi connectivity index (χ3n) is 5.59. The highest BCUT2D eigenvalue weighted by molar-refractivity contribution is 5.46. The van der Waals surface area contributed by atoms with E-state index in [1.54, 1.807) is 0 Å². The number of fused-ring (bicyclic) bond motifs is 1. The van der Waals surface area contributed by atoms with Gasteiger partial charge < -0.3 is 4.90 Å². The predicted molar refractivity (Wildman–Crippen MR) is 83.0 cm³/mol. The topological polar surface area (TPSA) is 9.72 Å². The van der Waals surface area contributed by atoms with E-state index in [1.807, 2.05) is 0 Å². The molecule has 0 aliphatic carbocycles. The Balaban J connectivity index is 1.45. The SMILES string of the molecule is c1ccc(N2CCN(C34CCCN3CCC4)CC2)cc1. The van der Waals surface area contributed by atoms with Gasteiger partial charge in [0.15, 0.2) is 0 Å². The van der Waals surface area contributed by atoms with Crippen molar-refractivity contribution in [1.82, 2.24) is 9.80 Å². The summed E-state index contributed by atoms with van der Waals surface area (Å²) in [6, 6.07) is 10.9. The largest absolute Gasteiger partial charge is 0.369 e. The first-order chi connectivity index (χ1) is 9.88. The van der Waals surface area contributed by atoms with Gasteiger partial charge >= 0.3 is 0 Å². The Bertz CT molecular complexity index is 441. The Kier molecular flexibility index (Phi) is 3.20. The minimum absolute atomic E-state index is 0.447. The molecule has 0 spiro atoms. The standard InChI is InChI=1S/C17H25N3/c1-2-6-16(7-3-1)18-12-14-20(15-13-18)17-8-4-10-19(17)11-5-9-17/h1-3,6-7H,4-5,8-15H2. The van der Waals surface area contributed by atoms with Crippen LogP contribution in [0.25, 0.3) is 0 Å². The van der Waals surface area contributed by atoms with Gasteiger partial charge in [0.2, 0.25) is 0 Å². The van der Waals surface area contributed by atoms with E-state index < -0.39 is 0 Å². The quantitative estimate of drug-likeness (QED) is 0.818. The van der Waals surface area contributed by atoms with Crippen molar-refractivity contribution >= 4 is 5.69 Å². The molecule has 0 atom stereocenters. The first-order valence-corrected chi connectivity index (χ1v) is 8.19. The molecule has 1 aromatic rings. The van der Waals surface area contributed by atoms with Crippen molar-refractivity contribution < 1.29 is 0 Å². The number of hydrogen-bond donors (Lipinski definition) is 0. The molecule has 0 radical (unpaired) electrons. The molecule has 0 aromatic heterocycles. The molecule has 3 nitrogen and oxygen atoms in total. The summed E-state index contributed by atoms with van der Waals surface area (Å²) in [6.45, 7) is 7.48. The van der Waals surface area contributed by atoms with Crippen LogP contribution in [-0.4, -0.2) is 54.7 Å². The summed E-state index contributed by atoms with van der Waals surface area (Å²) in [4.78, 5) is 8.11. The Morgan fingerprint density at radius 1 is 0.700 bits per heavy atom. The summed E-state index contributed by atoms with van der Waals surface area (Å²) in [7, 11) is 0. The Morgan fingerprint density at radius 2 is 1.30 bits per heavy atom. The number of nitrogens with zero attached hydrogens (tertiary/aromatic N) is 3. The van der Waals surface area contributed by atoms with Crippen LogP contribution in [0.4, 0.5) is 5.69 Å². The van der Waals surface area contributed by atoms with Crippen LogP contribution in [0.5, 0.6) is 0 Å². The van der Waals surface area contributed by atoms with E-state index in [1.165, 1.54) is 70.6 Å². The fraction of sp³-hybridized carbons (Fsp3) is 0.647.